The summed E-state index contributed by atoms with van der Waals surface area (Å²) in [6, 6.07) is 0. The van der Waals surface area contributed by atoms with Crippen molar-refractivity contribution in [3.63, 3.8) is 0 Å². The predicted molar refractivity (Wildman–Crippen MR) is 44.2 cm³/mol. The minimum absolute atomic E-state index is 0.853. The molecular weight excluding hydrogens is 192 g/mol. The Morgan fingerprint density at radius 2 is 1.71 bits per heavy atom. The van der Waals surface area contributed by atoms with Crippen LogP contribution in [0.25, 0.3) is 0 Å². The van der Waals surface area contributed by atoms with Gasteiger partial charge in [-0.3, -0.25) is 9.59 Å². The number of esters is 2. The van der Waals surface area contributed by atoms with Gasteiger partial charge in [-0.25, -0.2) is 4.79 Å². The fourth-order valence-electron chi connectivity index (χ4n) is 0.603. The molecule has 0 bridgehead atoms. The van der Waals surface area contributed by atoms with Crippen molar-refractivity contribution in [2.75, 3.05) is 14.2 Å². The summed E-state index contributed by atoms with van der Waals surface area (Å²) in [5, 5.41) is 0. The third-order valence-electron chi connectivity index (χ3n) is 1.30. The van der Waals surface area contributed by atoms with Gasteiger partial charge in [-0.2, -0.15) is 0 Å². The van der Waals surface area contributed by atoms with Gasteiger partial charge in [-0.05, 0) is 0 Å². The summed E-state index contributed by atoms with van der Waals surface area (Å²) in [5.41, 5.74) is 0. The monoisotopic (exact) mass is 202 g/mol. The van der Waals surface area contributed by atoms with Crippen LogP contribution in [0.1, 0.15) is 0 Å². The van der Waals surface area contributed by atoms with E-state index in [4.69, 9.17) is 0 Å². The first-order valence-electron chi connectivity index (χ1n) is 3.56. The van der Waals surface area contributed by atoms with Crippen molar-refractivity contribution in [3.8, 4) is 0 Å². The lowest BCUT2D eigenvalue weighted by molar-refractivity contribution is -0.155. The van der Waals surface area contributed by atoms with E-state index in [-0.39, 0.29) is 0 Å². The molecule has 0 saturated heterocycles. The third-order valence-corrected chi connectivity index (χ3v) is 1.30. The molecule has 0 aromatic carbocycles. The van der Waals surface area contributed by atoms with Gasteiger partial charge >= 0.3 is 18.1 Å². The Kier molecular flexibility index (Phi) is 4.98. The maximum Gasteiger partial charge on any atom is 0.515 e. The average molecular weight is 202 g/mol. The molecule has 1 atom stereocenters. The Bertz CT molecular complexity index is 257. The molecule has 0 spiro atoms. The number of methoxy groups -OCH3 is 2. The van der Waals surface area contributed by atoms with Gasteiger partial charge in [0.15, 0.2) is 5.92 Å². The third kappa shape index (κ3) is 3.26. The lowest BCUT2D eigenvalue weighted by Crippen LogP contribution is -2.27. The van der Waals surface area contributed by atoms with E-state index >= 15 is 0 Å². The fourth-order valence-corrected chi connectivity index (χ4v) is 0.603. The minimum atomic E-state index is -1.32. The molecule has 0 fully saturated rings. The van der Waals surface area contributed by atoms with E-state index in [9.17, 15) is 14.4 Å². The van der Waals surface area contributed by atoms with Crippen LogP contribution in [0.15, 0.2) is 12.7 Å². The highest BCUT2D eigenvalue weighted by atomic mass is 16.7. The Labute approximate surface area is 80.4 Å². The van der Waals surface area contributed by atoms with Gasteiger partial charge < -0.3 is 14.2 Å². The van der Waals surface area contributed by atoms with Gasteiger partial charge in [-0.1, -0.05) is 6.08 Å². The van der Waals surface area contributed by atoms with Crippen molar-refractivity contribution >= 4 is 18.1 Å². The molecular formula is C8H10O6. The number of carbonyl (C=O) groups is 3. The van der Waals surface area contributed by atoms with Crippen LogP contribution < -0.4 is 0 Å². The molecule has 0 aliphatic heterocycles. The van der Waals surface area contributed by atoms with Crippen LogP contribution in [-0.2, 0) is 23.8 Å². The lowest BCUT2D eigenvalue weighted by Gasteiger charge is -2.07. The largest absolute Gasteiger partial charge is 0.515 e. The van der Waals surface area contributed by atoms with Crippen LogP contribution in [0.3, 0.4) is 0 Å². The molecule has 1 unspecified atom stereocenters. The summed E-state index contributed by atoms with van der Waals surface area (Å²) >= 11 is 0. The first kappa shape index (κ1) is 12.2. The summed E-state index contributed by atoms with van der Waals surface area (Å²) in [6.07, 6.45) is -0.178. The topological polar surface area (TPSA) is 78.9 Å². The van der Waals surface area contributed by atoms with Gasteiger partial charge in [0.25, 0.3) is 0 Å². The SMILES string of the molecule is C=CC(C(=O)OC)C(=O)OC(=O)OC. The summed E-state index contributed by atoms with van der Waals surface area (Å²) in [6.45, 7) is 3.23. The van der Waals surface area contributed by atoms with Crippen LogP contribution in [0.5, 0.6) is 0 Å². The molecule has 0 aromatic rings. The number of hydrogen-bond donors (Lipinski definition) is 0. The van der Waals surface area contributed by atoms with Gasteiger partial charge in [0.1, 0.15) is 0 Å². The number of hydrogen-bond acceptors (Lipinski definition) is 6. The van der Waals surface area contributed by atoms with Gasteiger partial charge in [0, 0.05) is 0 Å². The predicted octanol–water partition coefficient (Wildman–Crippen LogP) is 0.271. The number of rotatable bonds is 3. The molecule has 6 nitrogen and oxygen atoms in total. The van der Waals surface area contributed by atoms with Crippen molar-refractivity contribution in [1.29, 1.82) is 0 Å². The maximum atomic E-state index is 11.0. The summed E-state index contributed by atoms with van der Waals surface area (Å²) < 4.78 is 12.4. The Hall–Kier alpha value is -1.85. The quantitative estimate of drug-likeness (QED) is 0.371. The van der Waals surface area contributed by atoms with E-state index in [1.54, 1.807) is 0 Å². The molecule has 14 heavy (non-hydrogen) atoms. The number of ether oxygens (including phenoxy) is 3. The molecule has 0 saturated carbocycles. The first-order chi connectivity index (χ1) is 6.56. The van der Waals surface area contributed by atoms with E-state index in [0.29, 0.717) is 0 Å². The molecule has 0 rings (SSSR count). The van der Waals surface area contributed by atoms with E-state index in [1.807, 2.05) is 0 Å². The van der Waals surface area contributed by atoms with Crippen LogP contribution in [0.2, 0.25) is 0 Å². The Morgan fingerprint density at radius 1 is 1.14 bits per heavy atom. The second-order valence-corrected chi connectivity index (χ2v) is 2.11. The zero-order valence-electron chi connectivity index (χ0n) is 7.81. The molecule has 0 N–H and O–H groups in total. The van der Waals surface area contributed by atoms with Crippen molar-refractivity contribution in [3.05, 3.63) is 12.7 Å². The molecule has 78 valence electrons. The highest BCUT2D eigenvalue weighted by molar-refractivity contribution is 5.99. The standard InChI is InChI=1S/C8H10O6/c1-4-5(6(9)12-2)7(10)14-8(11)13-3/h4-5H,1H2,2-3H3. The van der Waals surface area contributed by atoms with E-state index in [1.165, 1.54) is 0 Å². The second kappa shape index (κ2) is 5.74. The van der Waals surface area contributed by atoms with Crippen LogP contribution in [0.4, 0.5) is 4.79 Å². The lowest BCUT2D eigenvalue weighted by atomic mass is 10.1. The number of carbonyl (C=O) groups excluding carboxylic acids is 3. The minimum Gasteiger partial charge on any atom is -0.468 e. The molecule has 0 aliphatic rings. The smallest absolute Gasteiger partial charge is 0.468 e. The van der Waals surface area contributed by atoms with Gasteiger partial charge in [-0.15, -0.1) is 6.58 Å². The van der Waals surface area contributed by atoms with Crippen LogP contribution in [-0.4, -0.2) is 32.3 Å². The summed E-state index contributed by atoms with van der Waals surface area (Å²) in [4.78, 5) is 32.5. The van der Waals surface area contributed by atoms with Crippen LogP contribution in [0, 0.1) is 5.92 Å². The molecule has 0 aliphatic carbocycles. The fraction of sp³-hybridized carbons (Fsp3) is 0.375. The van der Waals surface area contributed by atoms with E-state index in [2.05, 4.69) is 20.8 Å². The molecule has 0 amide bonds. The van der Waals surface area contributed by atoms with Crippen molar-refractivity contribution < 1.29 is 28.6 Å². The van der Waals surface area contributed by atoms with Gasteiger partial charge in [0.2, 0.25) is 0 Å². The van der Waals surface area contributed by atoms with Crippen LogP contribution >= 0.6 is 0 Å². The summed E-state index contributed by atoms with van der Waals surface area (Å²) in [5.74, 6) is -3.26. The summed E-state index contributed by atoms with van der Waals surface area (Å²) in [7, 11) is 2.14. The van der Waals surface area contributed by atoms with Crippen molar-refractivity contribution in [2.45, 2.75) is 0 Å². The van der Waals surface area contributed by atoms with Crippen molar-refractivity contribution in [2.24, 2.45) is 5.92 Å². The zero-order valence-corrected chi connectivity index (χ0v) is 7.81. The Morgan fingerprint density at radius 3 is 2.07 bits per heavy atom. The normalized spacial score (nSPS) is 11.0. The molecule has 0 radical (unpaired) electrons. The highest BCUT2D eigenvalue weighted by Crippen LogP contribution is 2.04. The van der Waals surface area contributed by atoms with E-state index < -0.39 is 24.0 Å². The molecule has 0 heterocycles. The van der Waals surface area contributed by atoms with Gasteiger partial charge in [0.05, 0.1) is 14.2 Å². The Balaban J connectivity index is 4.40. The average Bonchev–Trinajstić information content (AvgIpc) is 2.18. The zero-order chi connectivity index (χ0) is 11.1. The maximum absolute atomic E-state index is 11.0. The first-order valence-corrected chi connectivity index (χ1v) is 3.56. The molecule has 0 aromatic heterocycles. The second-order valence-electron chi connectivity index (χ2n) is 2.11. The van der Waals surface area contributed by atoms with Crippen molar-refractivity contribution in [1.82, 2.24) is 0 Å². The van der Waals surface area contributed by atoms with E-state index in [0.717, 1.165) is 20.3 Å². The highest BCUT2D eigenvalue weighted by Gasteiger charge is 2.28. The molecule has 6 heteroatoms.